The third kappa shape index (κ3) is 1.86. The molecule has 6 rings (SSSR count). The molecule has 1 saturated carbocycles. The van der Waals surface area contributed by atoms with Gasteiger partial charge in [-0.2, -0.15) is 0 Å². The van der Waals surface area contributed by atoms with Gasteiger partial charge in [0.05, 0.1) is 12.7 Å². The van der Waals surface area contributed by atoms with E-state index < -0.39 is 5.60 Å². The van der Waals surface area contributed by atoms with E-state index in [-0.39, 0.29) is 47.3 Å². The van der Waals surface area contributed by atoms with E-state index in [0.717, 1.165) is 36.8 Å². The standard InChI is InChI=1S/C22H28O6/c1-11(2)22-16(24-4)10-25-12-7-15-14-9-26-19(23)13(14)5-6-20(15,3)21(8-12)17(27-21)18(22)28-22/h12,15-18H,1,5-10H2,2-4H3/t12-,15-,16-,17-,18-,20-,21+,22+/m0/s1. The van der Waals surface area contributed by atoms with E-state index >= 15 is 0 Å². The van der Waals surface area contributed by atoms with Crippen LogP contribution in [0.25, 0.3) is 0 Å². The van der Waals surface area contributed by atoms with Gasteiger partial charge < -0.3 is 23.7 Å². The maximum Gasteiger partial charge on any atom is 0.334 e. The number of methoxy groups -OCH3 is 1. The number of cyclic esters (lactones) is 1. The number of fused-ring (bicyclic) bond motifs is 5. The van der Waals surface area contributed by atoms with Gasteiger partial charge >= 0.3 is 5.97 Å². The van der Waals surface area contributed by atoms with E-state index in [9.17, 15) is 4.79 Å². The molecule has 4 fully saturated rings. The van der Waals surface area contributed by atoms with Crippen molar-refractivity contribution < 1.29 is 28.5 Å². The molecule has 0 unspecified atom stereocenters. The molecule has 3 saturated heterocycles. The van der Waals surface area contributed by atoms with Gasteiger partial charge in [-0.25, -0.2) is 4.79 Å². The Kier molecular flexibility index (Phi) is 3.32. The molecule has 152 valence electrons. The highest BCUT2D eigenvalue weighted by molar-refractivity contribution is 5.92. The first kappa shape index (κ1) is 17.6. The summed E-state index contributed by atoms with van der Waals surface area (Å²) >= 11 is 0. The van der Waals surface area contributed by atoms with Gasteiger partial charge in [0.15, 0.2) is 0 Å². The Labute approximate surface area is 165 Å². The second-order valence-corrected chi connectivity index (χ2v) is 9.71. The molecule has 0 N–H and O–H groups in total. The van der Waals surface area contributed by atoms with Crippen LogP contribution >= 0.6 is 0 Å². The minimum atomic E-state index is -0.516. The average molecular weight is 388 g/mol. The van der Waals surface area contributed by atoms with Crippen molar-refractivity contribution in [2.45, 2.75) is 75.1 Å². The summed E-state index contributed by atoms with van der Waals surface area (Å²) in [5, 5.41) is 0. The van der Waals surface area contributed by atoms with Crippen LogP contribution in [0.4, 0.5) is 0 Å². The second kappa shape index (κ2) is 5.28. The van der Waals surface area contributed by atoms with Crippen LogP contribution in [-0.4, -0.2) is 61.9 Å². The quantitative estimate of drug-likeness (QED) is 0.411. The van der Waals surface area contributed by atoms with E-state index in [1.165, 1.54) is 5.57 Å². The molecule has 6 aliphatic rings. The van der Waals surface area contributed by atoms with Crippen LogP contribution in [0, 0.1) is 11.3 Å². The summed E-state index contributed by atoms with van der Waals surface area (Å²) in [6.45, 7) is 9.47. The summed E-state index contributed by atoms with van der Waals surface area (Å²) in [7, 11) is 1.71. The Morgan fingerprint density at radius 2 is 2.11 bits per heavy atom. The zero-order valence-corrected chi connectivity index (χ0v) is 16.8. The summed E-state index contributed by atoms with van der Waals surface area (Å²) in [4.78, 5) is 12.2. The van der Waals surface area contributed by atoms with E-state index in [1.807, 2.05) is 6.92 Å². The summed E-state index contributed by atoms with van der Waals surface area (Å²) < 4.78 is 30.5. The number of carbonyl (C=O) groups excluding carboxylic acids is 1. The van der Waals surface area contributed by atoms with Gasteiger partial charge in [0.1, 0.15) is 36.1 Å². The lowest BCUT2D eigenvalue weighted by atomic mass is 9.52. The summed E-state index contributed by atoms with van der Waals surface area (Å²) in [5.41, 5.74) is 2.24. The maximum absolute atomic E-state index is 12.2. The number of rotatable bonds is 2. The van der Waals surface area contributed by atoms with Gasteiger partial charge in [0.25, 0.3) is 0 Å². The SMILES string of the molecule is C=C(C)[C@]12O[C@H]1[C@@H]1O[C@]13C[C@H](C[C@H]1C4=C(CC[C@@]13C)C(=O)OC4)OC[C@@H]2OC. The minimum absolute atomic E-state index is 0.0269. The molecule has 0 aromatic carbocycles. The number of hydrogen-bond acceptors (Lipinski definition) is 6. The zero-order valence-electron chi connectivity index (χ0n) is 16.8. The van der Waals surface area contributed by atoms with Crippen molar-refractivity contribution in [3.63, 3.8) is 0 Å². The fourth-order valence-electron chi connectivity index (χ4n) is 6.97. The zero-order chi connectivity index (χ0) is 19.5. The third-order valence-corrected chi connectivity index (χ3v) is 8.69. The molecule has 8 atom stereocenters. The summed E-state index contributed by atoms with van der Waals surface area (Å²) in [6.07, 6.45) is 3.40. The van der Waals surface area contributed by atoms with Crippen molar-refractivity contribution >= 4 is 5.97 Å². The molecular formula is C22H28O6. The lowest BCUT2D eigenvalue weighted by Gasteiger charge is -2.51. The lowest BCUT2D eigenvalue weighted by Crippen LogP contribution is -2.54. The average Bonchev–Trinajstić information content (AvgIpc) is 3.53. The molecule has 4 heterocycles. The molecule has 2 aliphatic carbocycles. The Morgan fingerprint density at radius 3 is 2.86 bits per heavy atom. The Morgan fingerprint density at radius 1 is 1.29 bits per heavy atom. The molecule has 2 bridgehead atoms. The molecule has 6 nitrogen and oxygen atoms in total. The smallest absolute Gasteiger partial charge is 0.334 e. The number of hydrogen-bond donors (Lipinski definition) is 0. The molecular weight excluding hydrogens is 360 g/mol. The molecule has 0 aromatic rings. The van der Waals surface area contributed by atoms with E-state index in [4.69, 9.17) is 23.7 Å². The second-order valence-electron chi connectivity index (χ2n) is 9.71. The van der Waals surface area contributed by atoms with E-state index in [2.05, 4.69) is 13.5 Å². The normalized spacial score (nSPS) is 53.5. The van der Waals surface area contributed by atoms with E-state index in [1.54, 1.807) is 7.11 Å². The van der Waals surface area contributed by atoms with Gasteiger partial charge in [-0.1, -0.05) is 13.5 Å². The largest absolute Gasteiger partial charge is 0.458 e. The third-order valence-electron chi connectivity index (χ3n) is 8.69. The molecule has 1 spiro atoms. The van der Waals surface area contributed by atoms with E-state index in [0.29, 0.717) is 13.2 Å². The van der Waals surface area contributed by atoms with Crippen molar-refractivity contribution in [1.29, 1.82) is 0 Å². The van der Waals surface area contributed by atoms with Crippen molar-refractivity contribution in [1.82, 2.24) is 0 Å². The molecule has 0 amide bonds. The molecule has 0 radical (unpaired) electrons. The maximum atomic E-state index is 12.2. The molecule has 6 heteroatoms. The highest BCUT2D eigenvalue weighted by atomic mass is 16.7. The Hall–Kier alpha value is -1.21. The number of esters is 1. The van der Waals surface area contributed by atoms with Crippen LogP contribution in [0.3, 0.4) is 0 Å². The number of ether oxygens (including phenoxy) is 5. The predicted octanol–water partition coefficient (Wildman–Crippen LogP) is 2.32. The van der Waals surface area contributed by atoms with Crippen molar-refractivity contribution in [2.75, 3.05) is 20.3 Å². The Bertz CT molecular complexity index is 818. The Balaban J connectivity index is 1.43. The first-order valence-corrected chi connectivity index (χ1v) is 10.4. The lowest BCUT2D eigenvalue weighted by molar-refractivity contribution is -0.136. The predicted molar refractivity (Wildman–Crippen MR) is 98.6 cm³/mol. The minimum Gasteiger partial charge on any atom is -0.458 e. The molecule has 0 aromatic heterocycles. The van der Waals surface area contributed by atoms with Gasteiger partial charge in [-0.05, 0) is 43.3 Å². The van der Waals surface area contributed by atoms with Crippen LogP contribution < -0.4 is 0 Å². The first-order valence-electron chi connectivity index (χ1n) is 10.4. The summed E-state index contributed by atoms with van der Waals surface area (Å²) in [6, 6.07) is 0. The van der Waals surface area contributed by atoms with Crippen molar-refractivity contribution in [2.24, 2.45) is 11.3 Å². The molecule has 28 heavy (non-hydrogen) atoms. The van der Waals surface area contributed by atoms with Gasteiger partial charge in [-0.15, -0.1) is 0 Å². The fourth-order valence-corrected chi connectivity index (χ4v) is 6.97. The van der Waals surface area contributed by atoms with Crippen molar-refractivity contribution in [3.05, 3.63) is 23.3 Å². The summed E-state index contributed by atoms with van der Waals surface area (Å²) in [5.74, 6) is 0.126. The van der Waals surface area contributed by atoms with Crippen LogP contribution in [0.15, 0.2) is 23.3 Å². The van der Waals surface area contributed by atoms with Gasteiger partial charge in [-0.3, -0.25) is 0 Å². The van der Waals surface area contributed by atoms with Crippen LogP contribution in [-0.2, 0) is 28.5 Å². The fraction of sp³-hybridized carbons (Fsp3) is 0.773. The van der Waals surface area contributed by atoms with Crippen molar-refractivity contribution in [3.8, 4) is 0 Å². The highest BCUT2D eigenvalue weighted by Crippen LogP contribution is 2.71. The monoisotopic (exact) mass is 388 g/mol. The topological polar surface area (TPSA) is 69.8 Å². The van der Waals surface area contributed by atoms with Crippen LogP contribution in [0.1, 0.15) is 39.5 Å². The molecule has 4 aliphatic heterocycles. The van der Waals surface area contributed by atoms with Gasteiger partial charge in [0.2, 0.25) is 0 Å². The van der Waals surface area contributed by atoms with Crippen LogP contribution in [0.5, 0.6) is 0 Å². The number of carbonyl (C=O) groups is 1. The first-order chi connectivity index (χ1) is 13.4. The highest BCUT2D eigenvalue weighted by Gasteiger charge is 2.82. The number of epoxide rings is 2. The van der Waals surface area contributed by atoms with Crippen LogP contribution in [0.2, 0.25) is 0 Å². The van der Waals surface area contributed by atoms with Gasteiger partial charge in [0, 0.05) is 24.5 Å².